The van der Waals surface area contributed by atoms with Crippen LogP contribution >= 0.6 is 0 Å². The Morgan fingerprint density at radius 1 is 1.06 bits per heavy atom. The molecule has 2 heterocycles. The molecule has 1 fully saturated rings. The van der Waals surface area contributed by atoms with Gasteiger partial charge in [-0.05, 0) is 31.4 Å². The van der Waals surface area contributed by atoms with Gasteiger partial charge in [-0.25, -0.2) is 9.48 Å². The second kappa shape index (κ2) is 9.62. The third kappa shape index (κ3) is 5.41. The molecule has 0 saturated carbocycles. The highest BCUT2D eigenvalue weighted by Crippen LogP contribution is 2.34. The minimum absolute atomic E-state index is 0.114. The summed E-state index contributed by atoms with van der Waals surface area (Å²) < 4.78 is 47.8. The normalized spacial score (nSPS) is 15.1. The highest BCUT2D eigenvalue weighted by atomic mass is 19.4. The Bertz CT molecular complexity index is 954. The number of benzene rings is 1. The number of aromatic nitrogens is 2. The number of alkyl halides is 3. The minimum atomic E-state index is -4.77. The molecule has 0 radical (unpaired) electrons. The average Bonchev–Trinajstić information content (AvgIpc) is 3.04. The van der Waals surface area contributed by atoms with E-state index in [1.54, 1.807) is 12.1 Å². The first-order valence-corrected chi connectivity index (χ1v) is 10.5. The van der Waals surface area contributed by atoms with Gasteiger partial charge < -0.3 is 14.5 Å². The third-order valence-corrected chi connectivity index (χ3v) is 5.13. The molecule has 0 unspecified atom stereocenters. The fraction of sp³-hybridized carbons (Fsp3) is 0.500. The Morgan fingerprint density at radius 2 is 1.69 bits per heavy atom. The number of rotatable bonds is 4. The van der Waals surface area contributed by atoms with Crippen molar-refractivity contribution in [2.24, 2.45) is 5.92 Å². The zero-order chi connectivity index (χ0) is 23.5. The number of nitrogens with zero attached hydrogens (tertiary/aromatic N) is 4. The van der Waals surface area contributed by atoms with E-state index in [2.05, 4.69) is 5.10 Å². The van der Waals surface area contributed by atoms with Crippen molar-refractivity contribution in [3.8, 4) is 5.69 Å². The maximum atomic E-state index is 13.9. The molecule has 0 bridgehead atoms. The summed E-state index contributed by atoms with van der Waals surface area (Å²) in [5.74, 6) is -0.567. The first-order chi connectivity index (χ1) is 15.1. The van der Waals surface area contributed by atoms with Gasteiger partial charge in [-0.15, -0.1) is 0 Å². The van der Waals surface area contributed by atoms with E-state index >= 15 is 0 Å². The lowest BCUT2D eigenvalue weighted by Crippen LogP contribution is -2.38. The lowest BCUT2D eigenvalue weighted by Gasteiger charge is -2.22. The van der Waals surface area contributed by atoms with E-state index in [1.165, 1.54) is 21.9 Å². The smallest absolute Gasteiger partial charge is 0.434 e. The summed E-state index contributed by atoms with van der Waals surface area (Å²) in [6, 6.07) is 6.41. The lowest BCUT2D eigenvalue weighted by molar-refractivity contribution is -0.143. The van der Waals surface area contributed by atoms with Gasteiger partial charge in [0, 0.05) is 26.2 Å². The molecule has 1 aromatic carbocycles. The largest absolute Gasteiger partial charge is 0.449 e. The molecule has 0 atom stereocenters. The summed E-state index contributed by atoms with van der Waals surface area (Å²) >= 11 is 0. The van der Waals surface area contributed by atoms with Crippen LogP contribution < -0.4 is 0 Å². The maximum Gasteiger partial charge on any atom is 0.434 e. The van der Waals surface area contributed by atoms with Crippen LogP contribution in [0.3, 0.4) is 0 Å². The van der Waals surface area contributed by atoms with Gasteiger partial charge in [-0.3, -0.25) is 4.79 Å². The van der Waals surface area contributed by atoms with Crippen molar-refractivity contribution in [3.63, 3.8) is 0 Å². The molecule has 3 rings (SSSR count). The summed E-state index contributed by atoms with van der Waals surface area (Å²) in [5, 5.41) is 3.87. The van der Waals surface area contributed by atoms with Crippen LogP contribution in [-0.4, -0.2) is 64.4 Å². The predicted octanol–water partition coefficient (Wildman–Crippen LogP) is 4.14. The molecule has 1 aromatic heterocycles. The van der Waals surface area contributed by atoms with E-state index in [4.69, 9.17) is 4.74 Å². The van der Waals surface area contributed by atoms with E-state index in [9.17, 15) is 22.8 Å². The zero-order valence-electron chi connectivity index (χ0n) is 18.4. The molecule has 174 valence electrons. The molecular weight excluding hydrogens is 425 g/mol. The standard InChI is InChI=1S/C22H27F3N4O3/c1-15(2)14-32-21(31)28-10-4-9-27(11-12-28)20(30)18-13-26-29(19(18)22(23,24)25)17-7-5-16(3)6-8-17/h5-8,13,15H,4,9-12,14H2,1-3H3. The second-order valence-corrected chi connectivity index (χ2v) is 8.26. The number of ether oxygens (including phenoxy) is 1. The Balaban J connectivity index is 1.80. The summed E-state index contributed by atoms with van der Waals surface area (Å²) in [4.78, 5) is 28.1. The van der Waals surface area contributed by atoms with Crippen molar-refractivity contribution in [2.45, 2.75) is 33.4 Å². The van der Waals surface area contributed by atoms with E-state index in [0.717, 1.165) is 16.4 Å². The van der Waals surface area contributed by atoms with E-state index in [-0.39, 0.29) is 37.8 Å². The van der Waals surface area contributed by atoms with E-state index in [1.807, 2.05) is 20.8 Å². The molecular formula is C22H27F3N4O3. The van der Waals surface area contributed by atoms with E-state index < -0.39 is 29.4 Å². The molecule has 2 amide bonds. The number of amides is 2. The monoisotopic (exact) mass is 452 g/mol. The Hall–Kier alpha value is -3.04. The van der Waals surface area contributed by atoms with Crippen molar-refractivity contribution in [1.29, 1.82) is 0 Å². The highest BCUT2D eigenvalue weighted by molar-refractivity contribution is 5.95. The second-order valence-electron chi connectivity index (χ2n) is 8.26. The SMILES string of the molecule is Cc1ccc(-n2ncc(C(=O)N3CCCN(C(=O)OCC(C)C)CC3)c2C(F)(F)F)cc1. The highest BCUT2D eigenvalue weighted by Gasteiger charge is 2.41. The van der Waals surface area contributed by atoms with Crippen LogP contribution in [0.5, 0.6) is 0 Å². The Morgan fingerprint density at radius 3 is 2.31 bits per heavy atom. The summed E-state index contributed by atoms with van der Waals surface area (Å²) in [6.07, 6.45) is -3.85. The van der Waals surface area contributed by atoms with Crippen LogP contribution in [0, 0.1) is 12.8 Å². The minimum Gasteiger partial charge on any atom is -0.449 e. The average molecular weight is 452 g/mol. The molecule has 1 aliphatic heterocycles. The van der Waals surface area contributed by atoms with E-state index in [0.29, 0.717) is 13.0 Å². The molecule has 1 saturated heterocycles. The van der Waals surface area contributed by atoms with Crippen molar-refractivity contribution >= 4 is 12.0 Å². The molecule has 32 heavy (non-hydrogen) atoms. The van der Waals surface area contributed by atoms with Crippen LogP contribution in [0.1, 0.15) is 41.9 Å². The van der Waals surface area contributed by atoms with Gasteiger partial charge in [-0.1, -0.05) is 31.5 Å². The molecule has 1 aliphatic rings. The van der Waals surface area contributed by atoms with Crippen LogP contribution in [0.4, 0.5) is 18.0 Å². The number of aryl methyl sites for hydroxylation is 1. The van der Waals surface area contributed by atoms with Gasteiger partial charge in [-0.2, -0.15) is 18.3 Å². The van der Waals surface area contributed by atoms with Crippen molar-refractivity contribution in [1.82, 2.24) is 19.6 Å². The fourth-order valence-electron chi connectivity index (χ4n) is 3.46. The quantitative estimate of drug-likeness (QED) is 0.699. The number of hydrogen-bond acceptors (Lipinski definition) is 4. The number of carbonyl (C=O) groups is 2. The van der Waals surface area contributed by atoms with Crippen molar-refractivity contribution in [2.75, 3.05) is 32.8 Å². The summed E-state index contributed by atoms with van der Waals surface area (Å²) in [7, 11) is 0. The summed E-state index contributed by atoms with van der Waals surface area (Å²) in [5.41, 5.74) is -0.499. The molecule has 2 aromatic rings. The van der Waals surface area contributed by atoms with Crippen LogP contribution in [0.25, 0.3) is 5.69 Å². The van der Waals surface area contributed by atoms with Gasteiger partial charge in [0.15, 0.2) is 5.69 Å². The first kappa shape index (κ1) is 23.6. The van der Waals surface area contributed by atoms with Crippen LogP contribution in [-0.2, 0) is 10.9 Å². The fourth-order valence-corrected chi connectivity index (χ4v) is 3.46. The first-order valence-electron chi connectivity index (χ1n) is 10.5. The number of halogens is 3. The van der Waals surface area contributed by atoms with Crippen molar-refractivity contribution in [3.05, 3.63) is 47.3 Å². The third-order valence-electron chi connectivity index (χ3n) is 5.13. The molecule has 0 aliphatic carbocycles. The van der Waals surface area contributed by atoms with Gasteiger partial charge in [0.25, 0.3) is 5.91 Å². The summed E-state index contributed by atoms with van der Waals surface area (Å²) in [6.45, 7) is 6.86. The van der Waals surface area contributed by atoms with Gasteiger partial charge in [0.2, 0.25) is 0 Å². The van der Waals surface area contributed by atoms with Crippen LogP contribution in [0.2, 0.25) is 0 Å². The molecule has 7 nitrogen and oxygen atoms in total. The topological polar surface area (TPSA) is 67.7 Å². The lowest BCUT2D eigenvalue weighted by atomic mass is 10.2. The Kier molecular flexibility index (Phi) is 7.10. The van der Waals surface area contributed by atoms with Gasteiger partial charge in [0.05, 0.1) is 24.1 Å². The van der Waals surface area contributed by atoms with Crippen molar-refractivity contribution < 1.29 is 27.5 Å². The Labute approximate surface area is 184 Å². The van der Waals surface area contributed by atoms with Gasteiger partial charge in [0.1, 0.15) is 0 Å². The molecule has 10 heteroatoms. The number of carbonyl (C=O) groups excluding carboxylic acids is 2. The van der Waals surface area contributed by atoms with Crippen LogP contribution in [0.15, 0.2) is 30.5 Å². The number of hydrogen-bond donors (Lipinski definition) is 0. The predicted molar refractivity (Wildman–Crippen MR) is 112 cm³/mol. The van der Waals surface area contributed by atoms with Gasteiger partial charge >= 0.3 is 12.3 Å². The molecule has 0 spiro atoms. The maximum absolute atomic E-state index is 13.9. The zero-order valence-corrected chi connectivity index (χ0v) is 18.4. The molecule has 0 N–H and O–H groups in total.